The maximum Gasteiger partial charge on any atom is 0.357 e. The molecule has 3 heterocycles. The van der Waals surface area contributed by atoms with Gasteiger partial charge in [0, 0.05) is 23.1 Å². The van der Waals surface area contributed by atoms with Gasteiger partial charge in [-0.3, -0.25) is 9.59 Å². The highest BCUT2D eigenvalue weighted by molar-refractivity contribution is 7.18. The number of amides is 1. The Morgan fingerprint density at radius 2 is 2.10 bits per heavy atom. The molecule has 0 saturated carbocycles. The van der Waals surface area contributed by atoms with Gasteiger partial charge in [0.05, 0.1) is 19.0 Å². The molecule has 0 unspecified atom stereocenters. The van der Waals surface area contributed by atoms with E-state index in [2.05, 4.69) is 25.0 Å². The first-order valence-corrected chi connectivity index (χ1v) is 11.1. The van der Waals surface area contributed by atoms with Gasteiger partial charge in [0.2, 0.25) is 5.91 Å². The minimum atomic E-state index is -0.500. The zero-order valence-electron chi connectivity index (χ0n) is 15.9. The van der Waals surface area contributed by atoms with Crippen LogP contribution in [0.3, 0.4) is 0 Å². The van der Waals surface area contributed by atoms with Crippen LogP contribution in [0.15, 0.2) is 10.2 Å². The first kappa shape index (κ1) is 19.7. The third kappa shape index (κ3) is 4.23. The number of rotatable bonds is 6. The number of aryl methyl sites for hydroxylation is 3. The van der Waals surface area contributed by atoms with Crippen molar-refractivity contribution in [2.75, 3.05) is 7.11 Å². The summed E-state index contributed by atoms with van der Waals surface area (Å²) in [5.74, 6) is -0.147. The lowest BCUT2D eigenvalue weighted by atomic mass is 9.97. The summed E-state index contributed by atoms with van der Waals surface area (Å²) in [6, 6.07) is 0. The van der Waals surface area contributed by atoms with Crippen molar-refractivity contribution < 1.29 is 14.3 Å². The lowest BCUT2D eigenvalue weighted by molar-refractivity contribution is -0.121. The first-order valence-electron chi connectivity index (χ1n) is 9.38. The van der Waals surface area contributed by atoms with Crippen molar-refractivity contribution >= 4 is 44.8 Å². The molecule has 0 spiro atoms. The normalized spacial score (nSPS) is 13.3. The van der Waals surface area contributed by atoms with Gasteiger partial charge in [0.1, 0.15) is 15.7 Å². The fourth-order valence-corrected chi connectivity index (χ4v) is 5.40. The van der Waals surface area contributed by atoms with Gasteiger partial charge in [-0.1, -0.05) is 0 Å². The van der Waals surface area contributed by atoms with Crippen molar-refractivity contribution in [2.45, 2.75) is 45.1 Å². The van der Waals surface area contributed by atoms with Gasteiger partial charge in [-0.15, -0.1) is 22.7 Å². The van der Waals surface area contributed by atoms with Crippen molar-refractivity contribution in [1.29, 1.82) is 0 Å². The van der Waals surface area contributed by atoms with E-state index in [1.807, 2.05) is 0 Å². The molecule has 0 atom stereocenters. The number of ether oxygens (including phenoxy) is 1. The molecule has 0 aromatic carbocycles. The topological polar surface area (TPSA) is 114 Å². The summed E-state index contributed by atoms with van der Waals surface area (Å²) >= 11 is 2.88. The van der Waals surface area contributed by atoms with Crippen LogP contribution >= 0.6 is 22.7 Å². The molecule has 0 saturated heterocycles. The Kier molecular flexibility index (Phi) is 5.72. The average Bonchev–Trinajstić information content (AvgIpc) is 3.34. The van der Waals surface area contributed by atoms with Crippen LogP contribution in [-0.2, 0) is 35.3 Å². The largest absolute Gasteiger partial charge is 0.464 e. The molecule has 4 rings (SSSR count). The lowest BCUT2D eigenvalue weighted by Gasteiger charge is -2.09. The van der Waals surface area contributed by atoms with Crippen LogP contribution < -0.4 is 10.9 Å². The van der Waals surface area contributed by atoms with Crippen molar-refractivity contribution in [3.8, 4) is 0 Å². The Morgan fingerprint density at radius 1 is 1.28 bits per heavy atom. The van der Waals surface area contributed by atoms with E-state index in [4.69, 9.17) is 0 Å². The monoisotopic (exact) mass is 432 g/mol. The van der Waals surface area contributed by atoms with E-state index >= 15 is 0 Å². The molecule has 10 heteroatoms. The van der Waals surface area contributed by atoms with Crippen LogP contribution in [0, 0.1) is 0 Å². The maximum atomic E-state index is 12.5. The molecule has 0 aliphatic heterocycles. The number of hydrogen-bond donors (Lipinski definition) is 2. The van der Waals surface area contributed by atoms with Crippen molar-refractivity contribution in [3.63, 3.8) is 0 Å². The van der Waals surface area contributed by atoms with E-state index in [-0.39, 0.29) is 30.1 Å². The zero-order chi connectivity index (χ0) is 20.4. The number of fused-ring (bicyclic) bond motifs is 3. The fraction of sp³-hybridized carbons (Fsp3) is 0.421. The molecule has 2 N–H and O–H groups in total. The number of aromatic nitrogens is 3. The number of thiazole rings is 1. The van der Waals surface area contributed by atoms with Gasteiger partial charge in [0.25, 0.3) is 5.56 Å². The molecule has 0 bridgehead atoms. The number of carbonyl (C=O) groups excluding carboxylic acids is 2. The van der Waals surface area contributed by atoms with E-state index in [0.29, 0.717) is 17.3 Å². The lowest BCUT2D eigenvalue weighted by Crippen LogP contribution is -2.24. The smallest absolute Gasteiger partial charge is 0.357 e. The van der Waals surface area contributed by atoms with E-state index in [0.717, 1.165) is 41.5 Å². The van der Waals surface area contributed by atoms with Crippen LogP contribution in [0.25, 0.3) is 10.2 Å². The number of hydrogen-bond acceptors (Lipinski definition) is 8. The van der Waals surface area contributed by atoms with E-state index < -0.39 is 5.97 Å². The number of aromatic amines is 1. The number of methoxy groups -OCH3 is 1. The summed E-state index contributed by atoms with van der Waals surface area (Å²) < 4.78 is 4.61. The molecule has 1 aliphatic rings. The quantitative estimate of drug-likeness (QED) is 0.578. The molecule has 3 aromatic heterocycles. The summed E-state index contributed by atoms with van der Waals surface area (Å²) in [6.45, 7) is 0.237. The Hall–Kier alpha value is -2.59. The van der Waals surface area contributed by atoms with Gasteiger partial charge < -0.3 is 15.0 Å². The van der Waals surface area contributed by atoms with E-state index in [1.54, 1.807) is 16.7 Å². The SMILES string of the molecule is COC(=O)c1csc(CNC(=O)CCc2nc3sc4c(c3c(=O)[nH]2)CCCC4)n1. The summed E-state index contributed by atoms with van der Waals surface area (Å²) in [5, 5.41) is 5.71. The minimum absolute atomic E-state index is 0.108. The predicted octanol–water partition coefficient (Wildman–Crippen LogP) is 2.36. The van der Waals surface area contributed by atoms with Gasteiger partial charge >= 0.3 is 5.97 Å². The highest BCUT2D eigenvalue weighted by Gasteiger charge is 2.20. The second-order valence-electron chi connectivity index (χ2n) is 6.80. The third-order valence-corrected chi connectivity index (χ3v) is 6.88. The number of esters is 1. The van der Waals surface area contributed by atoms with Crippen LogP contribution in [0.2, 0.25) is 0 Å². The highest BCUT2D eigenvalue weighted by atomic mass is 32.1. The number of nitrogens with one attached hydrogen (secondary N) is 2. The molecule has 1 amide bonds. The predicted molar refractivity (Wildman–Crippen MR) is 111 cm³/mol. The molecule has 1 aliphatic carbocycles. The Bertz CT molecular complexity index is 1130. The molecule has 0 fully saturated rings. The summed E-state index contributed by atoms with van der Waals surface area (Å²) in [6.07, 6.45) is 4.78. The van der Waals surface area contributed by atoms with Gasteiger partial charge in [-0.25, -0.2) is 14.8 Å². The fourth-order valence-electron chi connectivity index (χ4n) is 3.41. The van der Waals surface area contributed by atoms with Crippen LogP contribution in [0.5, 0.6) is 0 Å². The van der Waals surface area contributed by atoms with Gasteiger partial charge in [0.15, 0.2) is 5.69 Å². The summed E-state index contributed by atoms with van der Waals surface area (Å²) in [5.41, 5.74) is 1.28. The molecule has 8 nitrogen and oxygen atoms in total. The van der Waals surface area contributed by atoms with Crippen LogP contribution in [-0.4, -0.2) is 33.9 Å². The summed E-state index contributed by atoms with van der Waals surface area (Å²) in [7, 11) is 1.30. The molecule has 152 valence electrons. The Morgan fingerprint density at radius 3 is 2.93 bits per heavy atom. The van der Waals surface area contributed by atoms with Gasteiger partial charge in [-0.2, -0.15) is 0 Å². The number of carbonyl (C=O) groups is 2. The minimum Gasteiger partial charge on any atom is -0.464 e. The zero-order valence-corrected chi connectivity index (χ0v) is 17.5. The van der Waals surface area contributed by atoms with Gasteiger partial charge in [-0.05, 0) is 31.2 Å². The highest BCUT2D eigenvalue weighted by Crippen LogP contribution is 2.33. The molecular formula is C19H20N4O4S2. The van der Waals surface area contributed by atoms with Crippen molar-refractivity contribution in [3.05, 3.63) is 42.7 Å². The Balaban J connectivity index is 1.36. The molecule has 29 heavy (non-hydrogen) atoms. The van der Waals surface area contributed by atoms with Crippen molar-refractivity contribution in [1.82, 2.24) is 20.3 Å². The van der Waals surface area contributed by atoms with E-state index in [9.17, 15) is 14.4 Å². The van der Waals surface area contributed by atoms with E-state index in [1.165, 1.54) is 23.3 Å². The number of nitrogens with zero attached hydrogens (tertiary/aromatic N) is 2. The van der Waals surface area contributed by atoms with Crippen molar-refractivity contribution in [2.24, 2.45) is 0 Å². The first-order chi connectivity index (χ1) is 14.0. The molecular weight excluding hydrogens is 412 g/mol. The Labute approximate surface area is 174 Å². The maximum absolute atomic E-state index is 12.5. The number of H-pyrrole nitrogens is 1. The van der Waals surface area contributed by atoms with Crippen LogP contribution in [0.1, 0.15) is 51.0 Å². The molecule has 3 aromatic rings. The second kappa shape index (κ2) is 8.42. The standard InChI is InChI=1S/C19H20N4O4S2/c1-27-19(26)11-9-28-15(21-11)8-20-14(24)7-6-13-22-17(25)16-10-4-2-3-5-12(10)29-18(16)23-13/h9H,2-8H2,1H3,(H,20,24)(H,22,23,25). The second-order valence-corrected chi connectivity index (χ2v) is 8.82. The molecule has 0 radical (unpaired) electrons. The summed E-state index contributed by atoms with van der Waals surface area (Å²) in [4.78, 5) is 49.7. The van der Waals surface area contributed by atoms with Crippen LogP contribution in [0.4, 0.5) is 0 Å². The average molecular weight is 433 g/mol. The third-order valence-electron chi connectivity index (χ3n) is 4.85. The number of thiophene rings is 1.